The first-order chi connectivity index (χ1) is 6.81. The van der Waals surface area contributed by atoms with Crippen LogP contribution in [0.4, 0.5) is 0 Å². The Kier molecular flexibility index (Phi) is 3.05. The number of nitrogens with two attached hydrogens (primary N) is 1. The van der Waals surface area contributed by atoms with Gasteiger partial charge in [0.15, 0.2) is 0 Å². The van der Waals surface area contributed by atoms with Gasteiger partial charge in [-0.05, 0) is 18.8 Å². The summed E-state index contributed by atoms with van der Waals surface area (Å²) in [7, 11) is 0. The molecule has 2 aliphatic rings. The molecule has 0 bridgehead atoms. The first-order valence-electron chi connectivity index (χ1n) is 5.70. The van der Waals surface area contributed by atoms with E-state index in [2.05, 4.69) is 11.0 Å². The van der Waals surface area contributed by atoms with Crippen molar-refractivity contribution < 1.29 is 0 Å². The maximum absolute atomic E-state index is 9.17. The molecule has 0 aromatic heterocycles. The average molecular weight is 193 g/mol. The highest BCUT2D eigenvalue weighted by atomic mass is 15.2. The lowest BCUT2D eigenvalue weighted by atomic mass is 9.82. The maximum atomic E-state index is 9.17. The van der Waals surface area contributed by atoms with Crippen molar-refractivity contribution in [2.75, 3.05) is 13.1 Å². The van der Waals surface area contributed by atoms with E-state index in [1.807, 2.05) is 0 Å². The summed E-state index contributed by atoms with van der Waals surface area (Å²) in [6.45, 7) is 1.85. The molecule has 1 atom stereocenters. The van der Waals surface area contributed by atoms with Gasteiger partial charge >= 0.3 is 0 Å². The summed E-state index contributed by atoms with van der Waals surface area (Å²) < 4.78 is 0. The molecule has 78 valence electrons. The second-order valence-corrected chi connectivity index (χ2v) is 4.69. The first kappa shape index (κ1) is 9.95. The van der Waals surface area contributed by atoms with E-state index in [1.54, 1.807) is 0 Å². The van der Waals surface area contributed by atoms with Gasteiger partial charge in [0, 0.05) is 19.1 Å². The van der Waals surface area contributed by atoms with Gasteiger partial charge in [-0.2, -0.15) is 5.26 Å². The molecule has 1 aliphatic heterocycles. The highest BCUT2D eigenvalue weighted by molar-refractivity contribution is 5.02. The van der Waals surface area contributed by atoms with Crippen LogP contribution in [0.5, 0.6) is 0 Å². The van der Waals surface area contributed by atoms with Crippen LogP contribution < -0.4 is 5.73 Å². The fourth-order valence-corrected chi connectivity index (χ4v) is 2.71. The van der Waals surface area contributed by atoms with Gasteiger partial charge in [-0.1, -0.05) is 19.3 Å². The van der Waals surface area contributed by atoms with Crippen molar-refractivity contribution in [2.45, 2.75) is 44.2 Å². The monoisotopic (exact) mass is 193 g/mol. The molecule has 0 aromatic rings. The highest BCUT2D eigenvalue weighted by Gasteiger charge is 2.35. The lowest BCUT2D eigenvalue weighted by Crippen LogP contribution is -2.60. The van der Waals surface area contributed by atoms with Gasteiger partial charge in [-0.3, -0.25) is 4.90 Å². The maximum Gasteiger partial charge on any atom is 0.101 e. The van der Waals surface area contributed by atoms with E-state index in [1.165, 1.54) is 32.1 Å². The molecule has 2 fully saturated rings. The minimum Gasteiger partial charge on any atom is -0.325 e. The quantitative estimate of drug-likeness (QED) is 0.714. The summed E-state index contributed by atoms with van der Waals surface area (Å²) in [5.74, 6) is 0.612. The summed E-state index contributed by atoms with van der Waals surface area (Å²) in [6.07, 6.45) is 6.45. The third-order valence-electron chi connectivity index (χ3n) is 3.56. The Morgan fingerprint density at radius 2 is 1.86 bits per heavy atom. The molecule has 0 radical (unpaired) electrons. The van der Waals surface area contributed by atoms with Crippen LogP contribution in [0.2, 0.25) is 0 Å². The summed E-state index contributed by atoms with van der Waals surface area (Å²) in [6, 6.07) is 2.93. The Morgan fingerprint density at radius 1 is 1.21 bits per heavy atom. The van der Waals surface area contributed by atoms with E-state index in [0.29, 0.717) is 12.0 Å². The van der Waals surface area contributed by atoms with E-state index < -0.39 is 0 Å². The zero-order chi connectivity index (χ0) is 9.97. The molecule has 0 amide bonds. The molecule has 3 heteroatoms. The number of likely N-dealkylation sites (tertiary alicyclic amines) is 1. The van der Waals surface area contributed by atoms with Gasteiger partial charge in [0.2, 0.25) is 0 Å². The highest BCUT2D eigenvalue weighted by Crippen LogP contribution is 2.30. The largest absolute Gasteiger partial charge is 0.325 e. The molecule has 14 heavy (non-hydrogen) atoms. The van der Waals surface area contributed by atoms with E-state index in [9.17, 15) is 0 Å². The number of hydrogen-bond donors (Lipinski definition) is 1. The lowest BCUT2D eigenvalue weighted by Gasteiger charge is -2.43. The Labute approximate surface area is 85.9 Å². The lowest BCUT2D eigenvalue weighted by molar-refractivity contribution is 0.0762. The summed E-state index contributed by atoms with van der Waals surface area (Å²) in [5, 5.41) is 9.17. The molecule has 2 rings (SSSR count). The number of nitrogens with zero attached hydrogens (tertiary/aromatic N) is 2. The van der Waals surface area contributed by atoms with Crippen LogP contribution in [0.15, 0.2) is 0 Å². The van der Waals surface area contributed by atoms with Gasteiger partial charge < -0.3 is 5.73 Å². The Morgan fingerprint density at radius 3 is 2.36 bits per heavy atom. The fourth-order valence-electron chi connectivity index (χ4n) is 2.71. The molecule has 0 aromatic carbocycles. The predicted octanol–water partition coefficient (Wildman–Crippen LogP) is 1.10. The molecule has 1 unspecified atom stereocenters. The van der Waals surface area contributed by atoms with Gasteiger partial charge in [0.05, 0.1) is 6.07 Å². The number of rotatable bonds is 2. The van der Waals surface area contributed by atoms with Gasteiger partial charge in [-0.15, -0.1) is 0 Å². The smallest absolute Gasteiger partial charge is 0.101 e. The topological polar surface area (TPSA) is 53.0 Å². The average Bonchev–Trinajstić information content (AvgIpc) is 2.18. The zero-order valence-electron chi connectivity index (χ0n) is 8.65. The second kappa shape index (κ2) is 4.29. The predicted molar refractivity (Wildman–Crippen MR) is 55.5 cm³/mol. The standard InChI is InChI=1S/C11H19N3/c12-6-11(14-7-10(13)8-14)9-4-2-1-3-5-9/h9-11H,1-5,7-8,13H2. The van der Waals surface area contributed by atoms with E-state index >= 15 is 0 Å². The van der Waals surface area contributed by atoms with Crippen molar-refractivity contribution in [3.63, 3.8) is 0 Å². The van der Waals surface area contributed by atoms with E-state index in [0.717, 1.165) is 13.1 Å². The van der Waals surface area contributed by atoms with Crippen molar-refractivity contribution in [3.05, 3.63) is 0 Å². The summed E-state index contributed by atoms with van der Waals surface area (Å²) in [5.41, 5.74) is 5.74. The van der Waals surface area contributed by atoms with Crippen molar-refractivity contribution in [1.29, 1.82) is 5.26 Å². The molecular weight excluding hydrogens is 174 g/mol. The van der Waals surface area contributed by atoms with Crippen molar-refractivity contribution >= 4 is 0 Å². The number of nitriles is 1. The minimum absolute atomic E-state index is 0.148. The van der Waals surface area contributed by atoms with Crippen LogP contribution in [0.25, 0.3) is 0 Å². The van der Waals surface area contributed by atoms with Crippen molar-refractivity contribution in [2.24, 2.45) is 11.7 Å². The molecule has 2 N–H and O–H groups in total. The van der Waals surface area contributed by atoms with Crippen molar-refractivity contribution in [3.8, 4) is 6.07 Å². The Bertz CT molecular complexity index is 221. The zero-order valence-corrected chi connectivity index (χ0v) is 8.65. The van der Waals surface area contributed by atoms with Gasteiger partial charge in [0.25, 0.3) is 0 Å². The molecule has 0 spiro atoms. The van der Waals surface area contributed by atoms with E-state index in [-0.39, 0.29) is 6.04 Å². The van der Waals surface area contributed by atoms with Crippen LogP contribution >= 0.6 is 0 Å². The Balaban J connectivity index is 1.89. The third-order valence-corrected chi connectivity index (χ3v) is 3.56. The van der Waals surface area contributed by atoms with Gasteiger partial charge in [0.1, 0.15) is 6.04 Å². The van der Waals surface area contributed by atoms with Crippen LogP contribution in [0.1, 0.15) is 32.1 Å². The molecule has 1 heterocycles. The number of hydrogen-bond acceptors (Lipinski definition) is 3. The van der Waals surface area contributed by atoms with Crippen LogP contribution in [0.3, 0.4) is 0 Å². The molecule has 3 nitrogen and oxygen atoms in total. The third kappa shape index (κ3) is 1.92. The molecular formula is C11H19N3. The first-order valence-corrected chi connectivity index (χ1v) is 5.70. The van der Waals surface area contributed by atoms with Crippen molar-refractivity contribution in [1.82, 2.24) is 4.90 Å². The minimum atomic E-state index is 0.148. The fraction of sp³-hybridized carbons (Fsp3) is 0.909. The van der Waals surface area contributed by atoms with Crippen LogP contribution in [0, 0.1) is 17.2 Å². The molecule has 1 saturated carbocycles. The second-order valence-electron chi connectivity index (χ2n) is 4.69. The van der Waals surface area contributed by atoms with Gasteiger partial charge in [-0.25, -0.2) is 0 Å². The SMILES string of the molecule is N#CC(C1CCCCC1)N1CC(N)C1. The molecule has 1 aliphatic carbocycles. The normalized spacial score (nSPS) is 28.0. The summed E-state index contributed by atoms with van der Waals surface area (Å²) >= 11 is 0. The molecule has 1 saturated heterocycles. The van der Waals surface area contributed by atoms with Crippen LogP contribution in [-0.4, -0.2) is 30.1 Å². The van der Waals surface area contributed by atoms with Crippen LogP contribution in [-0.2, 0) is 0 Å². The Hall–Kier alpha value is -0.590. The van der Waals surface area contributed by atoms with E-state index in [4.69, 9.17) is 11.0 Å². The summed E-state index contributed by atoms with van der Waals surface area (Å²) in [4.78, 5) is 2.25.